The largest absolute Gasteiger partial charge is 0.354 e. The maximum absolute atomic E-state index is 14.2. The van der Waals surface area contributed by atoms with Gasteiger partial charge in [-0.2, -0.15) is 0 Å². The lowest BCUT2D eigenvalue weighted by atomic mass is 9.98. The van der Waals surface area contributed by atoms with Crippen LogP contribution in [-0.4, -0.2) is 52.4 Å². The van der Waals surface area contributed by atoms with Gasteiger partial charge < -0.3 is 14.4 Å². The summed E-state index contributed by atoms with van der Waals surface area (Å²) in [4.78, 5) is 39.2. The molecule has 0 bridgehead atoms. The molecule has 0 N–H and O–H groups in total. The van der Waals surface area contributed by atoms with Crippen LogP contribution in [0.5, 0.6) is 0 Å². The zero-order valence-corrected chi connectivity index (χ0v) is 23.7. The highest BCUT2D eigenvalue weighted by atomic mass is 16.7. The number of fused-ring (bicyclic) bond motifs is 2. The normalized spacial score (nSPS) is 12.3. The van der Waals surface area contributed by atoms with Crippen molar-refractivity contribution in [2.45, 2.75) is 32.7 Å². The van der Waals surface area contributed by atoms with Gasteiger partial charge in [0.2, 0.25) is 0 Å². The Bertz CT molecular complexity index is 1710. The van der Waals surface area contributed by atoms with E-state index in [1.807, 2.05) is 56.3 Å². The van der Waals surface area contributed by atoms with Crippen molar-refractivity contribution < 1.29 is 14.3 Å². The molecule has 8 nitrogen and oxygen atoms in total. The predicted octanol–water partition coefficient (Wildman–Crippen LogP) is 5.45. The second-order valence-corrected chi connectivity index (χ2v) is 10.3. The second kappa shape index (κ2) is 12.4. The van der Waals surface area contributed by atoms with E-state index < -0.39 is 12.3 Å². The standard InChI is InChI=1S/C33H34N4O4/c1-22(2)30(36(21-29(40-3)41-4)32(38)24-12-6-5-7-13-24)31-35-28-19-34-18-17-27(28)33(39)37(31)20-25-15-10-14-23-11-8-9-16-26(23)25/h5-19,22,29-30H,20-21H2,1-4H3. The topological polar surface area (TPSA) is 86.5 Å². The van der Waals surface area contributed by atoms with Crippen LogP contribution in [0.25, 0.3) is 21.7 Å². The van der Waals surface area contributed by atoms with Crippen molar-refractivity contribution >= 4 is 27.6 Å². The molecule has 0 spiro atoms. The zero-order valence-electron chi connectivity index (χ0n) is 23.7. The number of ether oxygens (including phenoxy) is 2. The second-order valence-electron chi connectivity index (χ2n) is 10.3. The van der Waals surface area contributed by atoms with Gasteiger partial charge >= 0.3 is 0 Å². The molecule has 5 aromatic rings. The summed E-state index contributed by atoms with van der Waals surface area (Å²) in [6, 6.07) is 24.4. The molecule has 2 heterocycles. The van der Waals surface area contributed by atoms with Gasteiger partial charge in [0, 0.05) is 26.0 Å². The Balaban J connectivity index is 1.73. The fourth-order valence-corrected chi connectivity index (χ4v) is 5.34. The maximum atomic E-state index is 14.2. The number of benzene rings is 3. The molecule has 5 rings (SSSR count). The van der Waals surface area contributed by atoms with Crippen molar-refractivity contribution in [3.8, 4) is 0 Å². The number of nitrogens with zero attached hydrogens (tertiary/aromatic N) is 4. The molecule has 1 unspecified atom stereocenters. The molecule has 2 aromatic heterocycles. The van der Waals surface area contributed by atoms with Gasteiger partial charge in [-0.15, -0.1) is 0 Å². The highest BCUT2D eigenvalue weighted by Crippen LogP contribution is 2.31. The smallest absolute Gasteiger partial charge is 0.261 e. The number of rotatable bonds is 10. The van der Waals surface area contributed by atoms with Gasteiger partial charge in [-0.1, -0.05) is 74.5 Å². The molecule has 0 saturated carbocycles. The third-order valence-corrected chi connectivity index (χ3v) is 7.38. The van der Waals surface area contributed by atoms with Crippen LogP contribution in [0.15, 0.2) is 96.1 Å². The van der Waals surface area contributed by atoms with E-state index in [1.165, 1.54) is 0 Å². The molecule has 41 heavy (non-hydrogen) atoms. The van der Waals surface area contributed by atoms with Crippen LogP contribution in [0.1, 0.15) is 41.6 Å². The third kappa shape index (κ3) is 5.75. The van der Waals surface area contributed by atoms with Crippen molar-refractivity contribution in [2.75, 3.05) is 20.8 Å². The Hall–Kier alpha value is -4.40. The summed E-state index contributed by atoms with van der Waals surface area (Å²) in [5.41, 5.74) is 1.80. The Morgan fingerprint density at radius 1 is 0.902 bits per heavy atom. The van der Waals surface area contributed by atoms with Crippen LogP contribution >= 0.6 is 0 Å². The summed E-state index contributed by atoms with van der Waals surface area (Å²) in [5, 5.41) is 2.61. The van der Waals surface area contributed by atoms with Crippen LogP contribution in [-0.2, 0) is 16.0 Å². The van der Waals surface area contributed by atoms with E-state index in [-0.39, 0.29) is 30.5 Å². The van der Waals surface area contributed by atoms with E-state index in [1.54, 1.807) is 54.3 Å². The number of methoxy groups -OCH3 is 2. The Kier molecular flexibility index (Phi) is 8.52. The van der Waals surface area contributed by atoms with E-state index in [0.29, 0.717) is 22.3 Å². The molecule has 0 aliphatic carbocycles. The lowest BCUT2D eigenvalue weighted by molar-refractivity contribution is -0.117. The molecule has 0 radical (unpaired) electrons. The van der Waals surface area contributed by atoms with Crippen LogP contribution < -0.4 is 5.56 Å². The van der Waals surface area contributed by atoms with Gasteiger partial charge in [0.1, 0.15) is 5.82 Å². The highest BCUT2D eigenvalue weighted by molar-refractivity contribution is 5.94. The first-order chi connectivity index (χ1) is 19.9. The molecule has 8 heteroatoms. The first-order valence-electron chi connectivity index (χ1n) is 13.7. The number of aromatic nitrogens is 3. The molecular weight excluding hydrogens is 516 g/mol. The molecule has 3 aromatic carbocycles. The van der Waals surface area contributed by atoms with Gasteiger partial charge in [-0.05, 0) is 40.5 Å². The average molecular weight is 551 g/mol. The van der Waals surface area contributed by atoms with E-state index in [9.17, 15) is 9.59 Å². The number of hydrogen-bond donors (Lipinski definition) is 0. The number of amides is 1. The number of carbonyl (C=O) groups is 1. The van der Waals surface area contributed by atoms with Crippen molar-refractivity contribution in [1.82, 2.24) is 19.4 Å². The molecule has 0 aliphatic rings. The van der Waals surface area contributed by atoms with Crippen LogP contribution in [0.2, 0.25) is 0 Å². The Morgan fingerprint density at radius 3 is 2.34 bits per heavy atom. The molecule has 0 fully saturated rings. The Morgan fingerprint density at radius 2 is 1.61 bits per heavy atom. The molecule has 0 saturated heterocycles. The minimum atomic E-state index is -0.677. The molecule has 1 amide bonds. The first-order valence-corrected chi connectivity index (χ1v) is 13.7. The van der Waals surface area contributed by atoms with Crippen molar-refractivity contribution in [3.05, 3.63) is 119 Å². The van der Waals surface area contributed by atoms with Crippen LogP contribution in [0.3, 0.4) is 0 Å². The van der Waals surface area contributed by atoms with E-state index in [0.717, 1.165) is 16.3 Å². The van der Waals surface area contributed by atoms with Crippen molar-refractivity contribution in [2.24, 2.45) is 5.92 Å². The minimum absolute atomic E-state index is 0.114. The number of pyridine rings is 1. The summed E-state index contributed by atoms with van der Waals surface area (Å²) in [6.45, 7) is 4.47. The molecule has 0 aliphatic heterocycles. The Labute approximate surface area is 239 Å². The lowest BCUT2D eigenvalue weighted by Crippen LogP contribution is -2.45. The molecule has 1 atom stereocenters. The zero-order chi connectivity index (χ0) is 28.9. The van der Waals surface area contributed by atoms with E-state index in [4.69, 9.17) is 14.5 Å². The van der Waals surface area contributed by atoms with Gasteiger partial charge in [-0.25, -0.2) is 4.98 Å². The number of carbonyl (C=O) groups excluding carboxylic acids is 1. The quantitative estimate of drug-likeness (QED) is 0.215. The maximum Gasteiger partial charge on any atom is 0.261 e. The minimum Gasteiger partial charge on any atom is -0.354 e. The summed E-state index contributed by atoms with van der Waals surface area (Å²) in [6.07, 6.45) is 2.51. The average Bonchev–Trinajstić information content (AvgIpc) is 3.01. The summed E-state index contributed by atoms with van der Waals surface area (Å²) in [5.74, 6) is 0.158. The van der Waals surface area contributed by atoms with Crippen LogP contribution in [0, 0.1) is 5.92 Å². The van der Waals surface area contributed by atoms with Crippen molar-refractivity contribution in [1.29, 1.82) is 0 Å². The lowest BCUT2D eigenvalue weighted by Gasteiger charge is -2.37. The van der Waals surface area contributed by atoms with E-state index in [2.05, 4.69) is 23.2 Å². The van der Waals surface area contributed by atoms with Crippen molar-refractivity contribution in [3.63, 3.8) is 0 Å². The van der Waals surface area contributed by atoms with Gasteiger partial charge in [0.05, 0.1) is 36.2 Å². The summed E-state index contributed by atoms with van der Waals surface area (Å²) >= 11 is 0. The van der Waals surface area contributed by atoms with E-state index >= 15 is 0 Å². The summed E-state index contributed by atoms with van der Waals surface area (Å²) in [7, 11) is 3.08. The fourth-order valence-electron chi connectivity index (χ4n) is 5.34. The molecular formula is C33H34N4O4. The van der Waals surface area contributed by atoms with Crippen LogP contribution in [0.4, 0.5) is 0 Å². The first kappa shape index (κ1) is 28.1. The SMILES string of the molecule is COC(CN(C(=O)c1ccccc1)C(c1nc2cnccc2c(=O)n1Cc1cccc2ccccc12)C(C)C)OC. The molecule has 210 valence electrons. The summed E-state index contributed by atoms with van der Waals surface area (Å²) < 4.78 is 12.8. The monoisotopic (exact) mass is 550 g/mol. The fraction of sp³-hybridized carbons (Fsp3) is 0.273. The third-order valence-electron chi connectivity index (χ3n) is 7.38. The van der Waals surface area contributed by atoms with Gasteiger partial charge in [-0.3, -0.25) is 19.1 Å². The van der Waals surface area contributed by atoms with Gasteiger partial charge in [0.25, 0.3) is 11.5 Å². The van der Waals surface area contributed by atoms with Gasteiger partial charge in [0.15, 0.2) is 6.29 Å². The predicted molar refractivity (Wildman–Crippen MR) is 160 cm³/mol. The highest BCUT2D eigenvalue weighted by Gasteiger charge is 2.34. The number of hydrogen-bond acceptors (Lipinski definition) is 6.